The lowest BCUT2D eigenvalue weighted by Crippen LogP contribution is -2.44. The lowest BCUT2D eigenvalue weighted by Gasteiger charge is -2.35. The van der Waals surface area contributed by atoms with Gasteiger partial charge in [-0.05, 0) is 63.7 Å². The Morgan fingerprint density at radius 1 is 1.17 bits per heavy atom. The smallest absolute Gasteiger partial charge is 0.407 e. The van der Waals surface area contributed by atoms with Gasteiger partial charge in [0.15, 0.2) is 0 Å². The summed E-state index contributed by atoms with van der Waals surface area (Å²) in [7, 11) is 1.96. The molecule has 2 aliphatic carbocycles. The fourth-order valence-corrected chi connectivity index (χ4v) is 5.33. The number of aromatic nitrogens is 4. The van der Waals surface area contributed by atoms with Gasteiger partial charge in [0.2, 0.25) is 5.95 Å². The molecule has 0 unspecified atom stereocenters. The SMILES string of the molecule is Cn1ncc(-c2nc(NC3CCC(N(CCCCCCC=O)C(=O)O)CC3)ncc2Cl)c1CC1CC1. The molecule has 1 amide bonds. The summed E-state index contributed by atoms with van der Waals surface area (Å²) in [5, 5.41) is 18.2. The van der Waals surface area contributed by atoms with E-state index in [0.29, 0.717) is 29.6 Å². The lowest BCUT2D eigenvalue weighted by molar-refractivity contribution is -0.107. The van der Waals surface area contributed by atoms with Crippen molar-refractivity contribution in [2.45, 2.75) is 89.1 Å². The van der Waals surface area contributed by atoms with Gasteiger partial charge in [0, 0.05) is 43.4 Å². The van der Waals surface area contributed by atoms with E-state index in [0.717, 1.165) is 81.2 Å². The number of carbonyl (C=O) groups excluding carboxylic acids is 1. The van der Waals surface area contributed by atoms with Crippen LogP contribution in [0.2, 0.25) is 5.02 Å². The second-order valence-corrected chi connectivity index (χ2v) is 10.6. The first-order chi connectivity index (χ1) is 17.5. The maximum atomic E-state index is 11.9. The molecule has 0 spiro atoms. The van der Waals surface area contributed by atoms with E-state index in [1.165, 1.54) is 12.8 Å². The second-order valence-electron chi connectivity index (χ2n) is 10.2. The Balaban J connectivity index is 1.32. The molecule has 0 radical (unpaired) electrons. The van der Waals surface area contributed by atoms with Crippen molar-refractivity contribution in [2.24, 2.45) is 13.0 Å². The molecule has 2 aromatic heterocycles. The normalized spacial score (nSPS) is 19.7. The molecule has 9 nitrogen and oxygen atoms in total. The number of nitrogens with one attached hydrogen (secondary N) is 1. The predicted molar refractivity (Wildman–Crippen MR) is 139 cm³/mol. The zero-order chi connectivity index (χ0) is 25.5. The molecule has 2 heterocycles. The number of aryl methyl sites for hydroxylation is 1. The number of aldehydes is 1. The predicted octanol–water partition coefficient (Wildman–Crippen LogP) is 5.34. The highest BCUT2D eigenvalue weighted by molar-refractivity contribution is 6.32. The first-order valence-corrected chi connectivity index (χ1v) is 13.6. The molecule has 2 saturated carbocycles. The number of carboxylic acid groups (broad SMARTS) is 1. The van der Waals surface area contributed by atoms with Crippen molar-refractivity contribution in [3.63, 3.8) is 0 Å². The highest BCUT2D eigenvalue weighted by atomic mass is 35.5. The van der Waals surface area contributed by atoms with Gasteiger partial charge in [0.25, 0.3) is 0 Å². The number of nitrogens with zero attached hydrogens (tertiary/aromatic N) is 5. The quantitative estimate of drug-likeness (QED) is 0.273. The number of hydrogen-bond acceptors (Lipinski definition) is 6. The molecule has 0 atom stereocenters. The summed E-state index contributed by atoms with van der Waals surface area (Å²) in [5.41, 5.74) is 2.82. The standard InChI is InChI=1S/C26H37ClN6O3/c1-32-23(15-18-7-8-18)21(16-29-32)24-22(27)17-28-25(31-24)30-19-9-11-20(12-10-19)33(26(35)36)13-5-3-2-4-6-14-34/h14,16-20H,2-13,15H2,1H3,(H,35,36)(H,28,30,31). The molecule has 0 saturated heterocycles. The molecule has 0 aliphatic heterocycles. The fourth-order valence-electron chi connectivity index (χ4n) is 5.14. The number of anilines is 1. The maximum absolute atomic E-state index is 11.9. The van der Waals surface area contributed by atoms with Gasteiger partial charge in [-0.15, -0.1) is 0 Å². The summed E-state index contributed by atoms with van der Waals surface area (Å²) in [6, 6.07) is 0.228. The third-order valence-electron chi connectivity index (χ3n) is 7.43. The Labute approximate surface area is 217 Å². The number of rotatable bonds is 13. The van der Waals surface area contributed by atoms with Crippen LogP contribution in [0, 0.1) is 5.92 Å². The van der Waals surface area contributed by atoms with Crippen LogP contribution in [0.5, 0.6) is 0 Å². The summed E-state index contributed by atoms with van der Waals surface area (Å²) in [6.07, 6.45) is 14.6. The summed E-state index contributed by atoms with van der Waals surface area (Å²) in [5.74, 6) is 1.27. The zero-order valence-electron chi connectivity index (χ0n) is 21.0. The summed E-state index contributed by atoms with van der Waals surface area (Å²) in [6.45, 7) is 0.553. The molecule has 10 heteroatoms. The van der Waals surface area contributed by atoms with E-state index in [4.69, 9.17) is 16.6 Å². The third-order valence-corrected chi connectivity index (χ3v) is 7.70. The van der Waals surface area contributed by atoms with Crippen LogP contribution in [-0.4, -0.2) is 60.8 Å². The van der Waals surface area contributed by atoms with Crippen molar-refractivity contribution in [1.29, 1.82) is 0 Å². The molecule has 2 aliphatic rings. The minimum Gasteiger partial charge on any atom is -0.465 e. The van der Waals surface area contributed by atoms with E-state index in [2.05, 4.69) is 15.4 Å². The van der Waals surface area contributed by atoms with Crippen molar-refractivity contribution in [3.05, 3.63) is 23.1 Å². The molecule has 196 valence electrons. The first-order valence-electron chi connectivity index (χ1n) is 13.2. The van der Waals surface area contributed by atoms with E-state index in [1.807, 2.05) is 17.9 Å². The first kappa shape index (κ1) is 26.4. The van der Waals surface area contributed by atoms with Crippen molar-refractivity contribution in [3.8, 4) is 11.3 Å². The molecular formula is C26H37ClN6O3. The van der Waals surface area contributed by atoms with E-state index in [1.54, 1.807) is 11.1 Å². The average molecular weight is 517 g/mol. The van der Waals surface area contributed by atoms with Gasteiger partial charge in [-0.25, -0.2) is 14.8 Å². The van der Waals surface area contributed by atoms with Crippen LogP contribution in [0.15, 0.2) is 12.4 Å². The Morgan fingerprint density at radius 3 is 2.61 bits per heavy atom. The third kappa shape index (κ3) is 6.96. The fraction of sp³-hybridized carbons (Fsp3) is 0.654. The van der Waals surface area contributed by atoms with E-state index in [-0.39, 0.29) is 12.1 Å². The highest BCUT2D eigenvalue weighted by Gasteiger charge is 2.29. The maximum Gasteiger partial charge on any atom is 0.407 e. The van der Waals surface area contributed by atoms with Crippen LogP contribution in [-0.2, 0) is 18.3 Å². The number of halogens is 1. The molecule has 0 aromatic carbocycles. The lowest BCUT2D eigenvalue weighted by atomic mass is 9.90. The van der Waals surface area contributed by atoms with Crippen molar-refractivity contribution < 1.29 is 14.7 Å². The zero-order valence-corrected chi connectivity index (χ0v) is 21.8. The monoisotopic (exact) mass is 516 g/mol. The van der Waals surface area contributed by atoms with Gasteiger partial charge in [0.05, 0.1) is 23.1 Å². The molecule has 36 heavy (non-hydrogen) atoms. The van der Waals surface area contributed by atoms with E-state index in [9.17, 15) is 14.7 Å². The summed E-state index contributed by atoms with van der Waals surface area (Å²) >= 11 is 6.50. The number of carbonyl (C=O) groups is 2. The number of amides is 1. The number of unbranched alkanes of at least 4 members (excludes halogenated alkanes) is 4. The van der Waals surface area contributed by atoms with Crippen LogP contribution >= 0.6 is 11.6 Å². The van der Waals surface area contributed by atoms with Crippen molar-refractivity contribution in [2.75, 3.05) is 11.9 Å². The number of hydrogen-bond donors (Lipinski definition) is 2. The van der Waals surface area contributed by atoms with Crippen LogP contribution in [0.3, 0.4) is 0 Å². The second kappa shape index (κ2) is 12.5. The van der Waals surface area contributed by atoms with Gasteiger partial charge in [0.1, 0.15) is 6.29 Å². The van der Waals surface area contributed by atoms with Gasteiger partial charge >= 0.3 is 6.09 Å². The topological polar surface area (TPSA) is 113 Å². The Morgan fingerprint density at radius 2 is 1.92 bits per heavy atom. The van der Waals surface area contributed by atoms with E-state index < -0.39 is 6.09 Å². The molecule has 2 N–H and O–H groups in total. The van der Waals surface area contributed by atoms with Crippen molar-refractivity contribution >= 4 is 29.9 Å². The van der Waals surface area contributed by atoms with Crippen molar-refractivity contribution in [1.82, 2.24) is 24.6 Å². The van der Waals surface area contributed by atoms with E-state index >= 15 is 0 Å². The van der Waals surface area contributed by atoms with Gasteiger partial charge in [-0.3, -0.25) is 4.68 Å². The van der Waals surface area contributed by atoms with Gasteiger partial charge < -0.3 is 20.1 Å². The minimum atomic E-state index is -0.844. The summed E-state index contributed by atoms with van der Waals surface area (Å²) < 4.78 is 1.92. The largest absolute Gasteiger partial charge is 0.465 e. The Kier molecular flexibility index (Phi) is 9.18. The van der Waals surface area contributed by atoms with Crippen LogP contribution < -0.4 is 5.32 Å². The Bertz CT molecular complexity index is 1030. The average Bonchev–Trinajstić information content (AvgIpc) is 3.62. The van der Waals surface area contributed by atoms with Gasteiger partial charge in [-0.2, -0.15) is 5.10 Å². The van der Waals surface area contributed by atoms with Gasteiger partial charge in [-0.1, -0.05) is 24.4 Å². The molecule has 4 rings (SSSR count). The molecular weight excluding hydrogens is 480 g/mol. The van der Waals surface area contributed by atoms with Crippen LogP contribution in [0.1, 0.15) is 76.3 Å². The minimum absolute atomic E-state index is 0.0394. The molecule has 0 bridgehead atoms. The molecule has 2 fully saturated rings. The highest BCUT2D eigenvalue weighted by Crippen LogP contribution is 2.37. The van der Waals surface area contributed by atoms with Crippen LogP contribution in [0.25, 0.3) is 11.3 Å². The summed E-state index contributed by atoms with van der Waals surface area (Å²) in [4.78, 5) is 33.1. The Hall–Kier alpha value is -2.68. The van der Waals surface area contributed by atoms with Crippen LogP contribution in [0.4, 0.5) is 10.7 Å². The molecule has 2 aromatic rings.